The lowest BCUT2D eigenvalue weighted by Gasteiger charge is -2.20. The predicted molar refractivity (Wildman–Crippen MR) is 134 cm³/mol. The predicted octanol–water partition coefficient (Wildman–Crippen LogP) is 2.11. The number of hydrogen-bond donors (Lipinski definition) is 6. The van der Waals surface area contributed by atoms with Crippen LogP contribution in [0.25, 0.3) is 20.8 Å². The van der Waals surface area contributed by atoms with Gasteiger partial charge in [0, 0.05) is 30.0 Å². The summed E-state index contributed by atoms with van der Waals surface area (Å²) in [7, 11) is 0. The maximum absolute atomic E-state index is 11.5. The Morgan fingerprint density at radius 3 is 2.69 bits per heavy atom. The Labute approximate surface area is 204 Å². The van der Waals surface area contributed by atoms with Gasteiger partial charge >= 0.3 is 0 Å². The summed E-state index contributed by atoms with van der Waals surface area (Å²) in [4.78, 5) is 25.3. The van der Waals surface area contributed by atoms with Crippen LogP contribution in [0.1, 0.15) is 16.8 Å². The highest BCUT2D eigenvalue weighted by Gasteiger charge is 2.41. The third-order valence-corrected chi connectivity index (χ3v) is 7.14. The second kappa shape index (κ2) is 9.55. The quantitative estimate of drug-likeness (QED) is 0.226. The maximum atomic E-state index is 11.5. The normalized spacial score (nSPS) is 21.8. The molecule has 1 amide bonds. The lowest BCUT2D eigenvalue weighted by molar-refractivity contribution is 0.00446. The van der Waals surface area contributed by atoms with E-state index in [0.29, 0.717) is 34.1 Å². The molecule has 7 N–H and O–H groups in total. The number of fused-ring (bicyclic) bond motifs is 1. The summed E-state index contributed by atoms with van der Waals surface area (Å²) in [5, 5.41) is 37.4. The summed E-state index contributed by atoms with van der Waals surface area (Å²) in [5.74, 6) is -0.312. The second-order valence-corrected chi connectivity index (χ2v) is 9.45. The van der Waals surface area contributed by atoms with Crippen LogP contribution in [0.3, 0.4) is 0 Å². The van der Waals surface area contributed by atoms with Crippen LogP contribution in [-0.4, -0.2) is 61.0 Å². The molecule has 0 saturated heterocycles. The first-order chi connectivity index (χ1) is 16.9. The highest BCUT2D eigenvalue weighted by atomic mass is 32.1. The summed E-state index contributed by atoms with van der Waals surface area (Å²) in [5.41, 5.74) is 7.79. The van der Waals surface area contributed by atoms with Crippen LogP contribution < -0.4 is 16.4 Å². The first-order valence-corrected chi connectivity index (χ1v) is 11.9. The van der Waals surface area contributed by atoms with E-state index in [9.17, 15) is 20.1 Å². The number of nitrogens with two attached hydrogens (primary N) is 1. The summed E-state index contributed by atoms with van der Waals surface area (Å²) < 4.78 is 1.01. The number of nitrogens with zero attached hydrogens (tertiary/aromatic N) is 3. The van der Waals surface area contributed by atoms with E-state index in [1.54, 1.807) is 30.5 Å². The molecule has 1 aliphatic carbocycles. The van der Waals surface area contributed by atoms with Gasteiger partial charge in [0.1, 0.15) is 16.9 Å². The minimum atomic E-state index is -1.08. The van der Waals surface area contributed by atoms with Gasteiger partial charge in [-0.05, 0) is 36.8 Å². The van der Waals surface area contributed by atoms with Crippen LogP contribution in [0.2, 0.25) is 0 Å². The van der Waals surface area contributed by atoms with Crippen molar-refractivity contribution in [3.8, 4) is 10.6 Å². The zero-order chi connectivity index (χ0) is 24.5. The zero-order valence-corrected chi connectivity index (χ0v) is 19.3. The number of amides is 1. The third kappa shape index (κ3) is 4.66. The molecule has 4 atom stereocenters. The topological polar surface area (TPSA) is 167 Å². The SMILES string of the molecule is NC(=O)c1cccc(Nc2ncc(-c3nc4ccccc4s3)c(N[C@@H]3CC(CO)[C@@H](O)[C@H]3O)n2)c1. The molecule has 4 aromatic rings. The molecule has 0 aliphatic heterocycles. The van der Waals surface area contributed by atoms with Gasteiger partial charge in [0.25, 0.3) is 0 Å². The fourth-order valence-electron chi connectivity index (χ4n) is 4.20. The molecule has 0 spiro atoms. The number of nitrogens with one attached hydrogen (secondary N) is 2. The lowest BCUT2D eigenvalue weighted by Crippen LogP contribution is -2.35. The number of carbonyl (C=O) groups is 1. The Morgan fingerprint density at radius 1 is 1.11 bits per heavy atom. The minimum absolute atomic E-state index is 0.228. The summed E-state index contributed by atoms with van der Waals surface area (Å²) in [6.45, 7) is -0.228. The first-order valence-electron chi connectivity index (χ1n) is 11.1. The number of anilines is 3. The minimum Gasteiger partial charge on any atom is -0.396 e. The number of hydrogen-bond acceptors (Lipinski definition) is 10. The number of aromatic nitrogens is 3. The van der Waals surface area contributed by atoms with Crippen molar-refractivity contribution >= 4 is 44.9 Å². The van der Waals surface area contributed by atoms with Crippen LogP contribution in [-0.2, 0) is 0 Å². The van der Waals surface area contributed by atoms with Crippen LogP contribution in [0, 0.1) is 5.92 Å². The van der Waals surface area contributed by atoms with Crippen molar-refractivity contribution in [2.45, 2.75) is 24.7 Å². The van der Waals surface area contributed by atoms with E-state index in [1.165, 1.54) is 11.3 Å². The van der Waals surface area contributed by atoms with Gasteiger partial charge in [0.05, 0.1) is 27.9 Å². The Kier molecular flexibility index (Phi) is 6.31. The van der Waals surface area contributed by atoms with Gasteiger partial charge in [0.2, 0.25) is 11.9 Å². The fraction of sp³-hybridized carbons (Fsp3) is 0.250. The first kappa shape index (κ1) is 23.1. The van der Waals surface area contributed by atoms with Crippen LogP contribution in [0.4, 0.5) is 17.5 Å². The third-order valence-electron chi connectivity index (χ3n) is 6.07. The molecule has 2 heterocycles. The van der Waals surface area contributed by atoms with Crippen LogP contribution in [0.5, 0.6) is 0 Å². The molecule has 11 heteroatoms. The molecule has 1 saturated carbocycles. The molecular weight excluding hydrogens is 468 g/mol. The summed E-state index contributed by atoms with van der Waals surface area (Å²) in [6, 6.07) is 13.9. The average molecular weight is 493 g/mol. The maximum Gasteiger partial charge on any atom is 0.248 e. The number of aliphatic hydroxyl groups is 3. The molecule has 180 valence electrons. The van der Waals surface area contributed by atoms with Gasteiger partial charge in [-0.2, -0.15) is 4.98 Å². The Morgan fingerprint density at radius 2 is 1.94 bits per heavy atom. The number of rotatable bonds is 7. The van der Waals surface area contributed by atoms with Gasteiger partial charge in [-0.15, -0.1) is 11.3 Å². The standard InChI is InChI=1S/C24H24N6O4S/c25-21(34)12-4-3-5-14(8-12)27-24-26-10-15(23-29-16-6-1-2-7-18(16)35-23)22(30-24)28-17-9-13(11-31)19(32)20(17)33/h1-8,10,13,17,19-20,31-33H,9,11H2,(H2,25,34)(H2,26,27,28,30)/t13?,17-,19-,20+/m1/s1. The molecule has 1 unspecified atom stereocenters. The lowest BCUT2D eigenvalue weighted by atomic mass is 10.1. The van der Waals surface area contributed by atoms with Gasteiger partial charge in [-0.1, -0.05) is 18.2 Å². The van der Waals surface area contributed by atoms with Crippen LogP contribution in [0.15, 0.2) is 54.7 Å². The Balaban J connectivity index is 1.51. The van der Waals surface area contributed by atoms with Crippen molar-refractivity contribution in [2.75, 3.05) is 17.2 Å². The Hall–Kier alpha value is -3.64. The molecule has 35 heavy (non-hydrogen) atoms. The molecule has 0 radical (unpaired) electrons. The number of carbonyl (C=O) groups excluding carboxylic acids is 1. The van der Waals surface area contributed by atoms with Gasteiger partial charge in [-0.3, -0.25) is 4.79 Å². The molecule has 2 aromatic heterocycles. The van der Waals surface area contributed by atoms with E-state index in [0.717, 1.165) is 10.2 Å². The smallest absolute Gasteiger partial charge is 0.248 e. The van der Waals surface area contributed by atoms with Crippen molar-refractivity contribution in [1.82, 2.24) is 15.0 Å². The van der Waals surface area contributed by atoms with E-state index in [1.807, 2.05) is 24.3 Å². The van der Waals surface area contributed by atoms with Crippen molar-refractivity contribution in [1.29, 1.82) is 0 Å². The van der Waals surface area contributed by atoms with E-state index in [-0.39, 0.29) is 12.6 Å². The van der Waals surface area contributed by atoms with Gasteiger partial charge < -0.3 is 31.7 Å². The molecule has 5 rings (SSSR count). The average Bonchev–Trinajstić information content (AvgIpc) is 3.41. The summed E-state index contributed by atoms with van der Waals surface area (Å²) in [6.07, 6.45) is -0.117. The number of aliphatic hydroxyl groups excluding tert-OH is 3. The number of primary amides is 1. The van der Waals surface area contributed by atoms with E-state index < -0.39 is 30.1 Å². The number of benzene rings is 2. The van der Waals surface area contributed by atoms with Crippen molar-refractivity contribution in [2.24, 2.45) is 11.7 Å². The van der Waals surface area contributed by atoms with Gasteiger partial charge in [0.15, 0.2) is 0 Å². The second-order valence-electron chi connectivity index (χ2n) is 8.42. The van der Waals surface area contributed by atoms with Gasteiger partial charge in [-0.25, -0.2) is 9.97 Å². The molecule has 2 aromatic carbocycles. The van der Waals surface area contributed by atoms with E-state index >= 15 is 0 Å². The highest BCUT2D eigenvalue weighted by Crippen LogP contribution is 2.36. The number of para-hydroxylation sites is 1. The molecular formula is C24H24N6O4S. The largest absolute Gasteiger partial charge is 0.396 e. The fourth-order valence-corrected chi connectivity index (χ4v) is 5.18. The zero-order valence-electron chi connectivity index (χ0n) is 18.5. The molecule has 0 bridgehead atoms. The van der Waals surface area contributed by atoms with E-state index in [4.69, 9.17) is 10.7 Å². The van der Waals surface area contributed by atoms with Crippen molar-refractivity contribution in [3.05, 3.63) is 60.3 Å². The number of thiazole rings is 1. The van der Waals surface area contributed by atoms with E-state index in [2.05, 4.69) is 20.6 Å². The van der Waals surface area contributed by atoms with Crippen LogP contribution >= 0.6 is 11.3 Å². The van der Waals surface area contributed by atoms with Crippen molar-refractivity contribution < 1.29 is 20.1 Å². The molecule has 1 aliphatic rings. The summed E-state index contributed by atoms with van der Waals surface area (Å²) >= 11 is 1.49. The highest BCUT2D eigenvalue weighted by molar-refractivity contribution is 7.21. The Bertz CT molecular complexity index is 1350. The molecule has 10 nitrogen and oxygen atoms in total. The van der Waals surface area contributed by atoms with Crippen molar-refractivity contribution in [3.63, 3.8) is 0 Å². The monoisotopic (exact) mass is 492 g/mol. The molecule has 1 fully saturated rings.